The third-order valence-corrected chi connectivity index (χ3v) is 9.64. The second-order valence-corrected chi connectivity index (χ2v) is 13.7. The summed E-state index contributed by atoms with van der Waals surface area (Å²) in [5, 5.41) is 56.3. The normalized spacial score (nSPS) is 26.7. The molecule has 8 nitrogen and oxygen atoms in total. The van der Waals surface area contributed by atoms with E-state index in [2.05, 4.69) is 45.5 Å². The van der Waals surface area contributed by atoms with Crippen molar-refractivity contribution in [2.45, 2.75) is 83.8 Å². The molecule has 44 heavy (non-hydrogen) atoms. The summed E-state index contributed by atoms with van der Waals surface area (Å²) in [4.78, 5) is 39.5. The molecule has 5 rings (SSSR count). The Morgan fingerprint density at radius 3 is 2.27 bits per heavy atom. The SMILES string of the molecule is C=C(Cc1ccc(C)cc1C(C)(C)C)Cc1ccc2c(c1O)C(=O)C1=C(O)[C@@]3(O)C(=O)C(C(C)=O)=C(O)C[C@H]3[C@H](O)[C@H]1[C@@H]2C. The van der Waals surface area contributed by atoms with Crippen LogP contribution in [0.3, 0.4) is 0 Å². The van der Waals surface area contributed by atoms with E-state index in [0.717, 1.165) is 23.6 Å². The molecular weight excluding hydrogens is 560 g/mol. The molecule has 0 spiro atoms. The zero-order chi connectivity index (χ0) is 32.6. The average Bonchev–Trinajstić information content (AvgIpc) is 2.92. The minimum absolute atomic E-state index is 0.0750. The molecule has 0 amide bonds. The lowest BCUT2D eigenvalue weighted by Gasteiger charge is -2.50. The highest BCUT2D eigenvalue weighted by molar-refractivity contribution is 6.25. The van der Waals surface area contributed by atoms with E-state index in [1.807, 2.05) is 6.92 Å². The van der Waals surface area contributed by atoms with Crippen LogP contribution in [0.1, 0.15) is 85.1 Å². The molecule has 0 aliphatic heterocycles. The third-order valence-electron chi connectivity index (χ3n) is 9.64. The molecule has 0 fully saturated rings. The zero-order valence-electron chi connectivity index (χ0n) is 26.0. The molecule has 232 valence electrons. The Labute approximate surface area is 257 Å². The minimum Gasteiger partial charge on any atom is -0.511 e. The molecule has 0 saturated heterocycles. The van der Waals surface area contributed by atoms with Gasteiger partial charge in [-0.25, -0.2) is 0 Å². The Hall–Kier alpha value is -4.01. The van der Waals surface area contributed by atoms with Gasteiger partial charge in [-0.05, 0) is 60.3 Å². The maximum atomic E-state index is 14.0. The highest BCUT2D eigenvalue weighted by atomic mass is 16.4. The van der Waals surface area contributed by atoms with Crippen LogP contribution in [0.4, 0.5) is 0 Å². The summed E-state index contributed by atoms with van der Waals surface area (Å²) >= 11 is 0. The number of hydrogen-bond donors (Lipinski definition) is 5. The molecular formula is C36H40O8. The number of aliphatic hydroxyl groups is 4. The maximum Gasteiger partial charge on any atom is 0.209 e. The summed E-state index contributed by atoms with van der Waals surface area (Å²) < 4.78 is 0. The van der Waals surface area contributed by atoms with Crippen LogP contribution in [0.15, 0.2) is 65.1 Å². The fourth-order valence-electron chi connectivity index (χ4n) is 7.43. The summed E-state index contributed by atoms with van der Waals surface area (Å²) in [6, 6.07) is 9.74. The van der Waals surface area contributed by atoms with Crippen molar-refractivity contribution in [3.05, 3.63) is 98.5 Å². The molecule has 0 heterocycles. The topological polar surface area (TPSA) is 152 Å². The number of hydrogen-bond acceptors (Lipinski definition) is 8. The predicted octanol–water partition coefficient (Wildman–Crippen LogP) is 5.16. The monoisotopic (exact) mass is 600 g/mol. The molecule has 2 aromatic carbocycles. The summed E-state index contributed by atoms with van der Waals surface area (Å²) in [6.45, 7) is 15.5. The number of phenolic OH excluding ortho intramolecular Hbond substituents is 1. The summed E-state index contributed by atoms with van der Waals surface area (Å²) in [5.41, 5.74) is 1.19. The van der Waals surface area contributed by atoms with Crippen molar-refractivity contribution in [1.29, 1.82) is 0 Å². The molecule has 0 saturated carbocycles. The van der Waals surface area contributed by atoms with Gasteiger partial charge in [0.1, 0.15) is 22.8 Å². The number of aliphatic hydroxyl groups excluding tert-OH is 3. The van der Waals surface area contributed by atoms with Crippen LogP contribution in [0.25, 0.3) is 0 Å². The average molecular weight is 601 g/mol. The smallest absolute Gasteiger partial charge is 0.209 e. The number of carbonyl (C=O) groups is 3. The van der Waals surface area contributed by atoms with Gasteiger partial charge in [-0.3, -0.25) is 14.4 Å². The Balaban J connectivity index is 1.54. The lowest BCUT2D eigenvalue weighted by molar-refractivity contribution is -0.154. The van der Waals surface area contributed by atoms with Crippen LogP contribution in [-0.4, -0.2) is 54.6 Å². The Morgan fingerprint density at radius 2 is 1.66 bits per heavy atom. The number of allylic oxidation sites excluding steroid dienone is 2. The van der Waals surface area contributed by atoms with E-state index in [1.165, 1.54) is 5.56 Å². The van der Waals surface area contributed by atoms with Gasteiger partial charge in [0, 0.05) is 23.8 Å². The van der Waals surface area contributed by atoms with Gasteiger partial charge < -0.3 is 25.5 Å². The summed E-state index contributed by atoms with van der Waals surface area (Å²) in [6.07, 6.45) is -1.13. The molecule has 0 unspecified atom stereocenters. The predicted molar refractivity (Wildman–Crippen MR) is 165 cm³/mol. The number of carbonyl (C=O) groups excluding carboxylic acids is 3. The van der Waals surface area contributed by atoms with Gasteiger partial charge >= 0.3 is 0 Å². The molecule has 8 heteroatoms. The van der Waals surface area contributed by atoms with Crippen molar-refractivity contribution in [2.24, 2.45) is 11.8 Å². The van der Waals surface area contributed by atoms with Crippen LogP contribution in [-0.2, 0) is 27.8 Å². The highest BCUT2D eigenvalue weighted by Crippen LogP contribution is 2.55. The van der Waals surface area contributed by atoms with Gasteiger partial charge in [-0.2, -0.15) is 0 Å². The van der Waals surface area contributed by atoms with Crippen molar-refractivity contribution >= 4 is 17.3 Å². The Morgan fingerprint density at radius 1 is 1.05 bits per heavy atom. The van der Waals surface area contributed by atoms with Crippen molar-refractivity contribution in [2.75, 3.05) is 0 Å². The quantitative estimate of drug-likeness (QED) is 0.233. The van der Waals surface area contributed by atoms with E-state index in [-0.39, 0.29) is 28.7 Å². The number of ketones is 3. The number of phenols is 1. The van der Waals surface area contributed by atoms with E-state index in [4.69, 9.17) is 0 Å². The fourth-order valence-corrected chi connectivity index (χ4v) is 7.43. The van der Waals surface area contributed by atoms with Crippen LogP contribution in [0.2, 0.25) is 0 Å². The largest absolute Gasteiger partial charge is 0.511 e. The van der Waals surface area contributed by atoms with E-state index < -0.39 is 70.3 Å². The molecule has 2 aromatic rings. The first-order valence-corrected chi connectivity index (χ1v) is 14.9. The van der Waals surface area contributed by atoms with E-state index in [9.17, 15) is 39.9 Å². The van der Waals surface area contributed by atoms with E-state index in [1.54, 1.807) is 19.1 Å². The Kier molecular flexibility index (Phi) is 7.54. The molecule has 0 aromatic heterocycles. The number of Topliss-reactive ketones (excluding diaryl/α,β-unsaturated/α-hetero) is 3. The number of aryl methyl sites for hydroxylation is 1. The van der Waals surface area contributed by atoms with Crippen molar-refractivity contribution in [1.82, 2.24) is 0 Å². The van der Waals surface area contributed by atoms with Crippen molar-refractivity contribution < 1.29 is 39.9 Å². The Bertz CT molecular complexity index is 1700. The van der Waals surface area contributed by atoms with Gasteiger partial charge in [0.05, 0.1) is 11.7 Å². The molecule has 3 aliphatic carbocycles. The number of rotatable bonds is 5. The maximum absolute atomic E-state index is 14.0. The summed E-state index contributed by atoms with van der Waals surface area (Å²) in [5.74, 6) is -7.76. The highest BCUT2D eigenvalue weighted by Gasteiger charge is 2.63. The zero-order valence-corrected chi connectivity index (χ0v) is 26.0. The molecule has 5 N–H and O–H groups in total. The van der Waals surface area contributed by atoms with Gasteiger partial charge in [0.2, 0.25) is 5.78 Å². The first kappa shape index (κ1) is 31.4. The van der Waals surface area contributed by atoms with Crippen LogP contribution < -0.4 is 0 Å². The van der Waals surface area contributed by atoms with Crippen LogP contribution in [0, 0.1) is 18.8 Å². The van der Waals surface area contributed by atoms with Gasteiger partial charge in [0.15, 0.2) is 17.2 Å². The molecule has 3 aliphatic rings. The van der Waals surface area contributed by atoms with Crippen LogP contribution >= 0.6 is 0 Å². The fraction of sp³-hybridized carbons (Fsp3) is 0.417. The third kappa shape index (κ3) is 4.63. The molecule has 5 atom stereocenters. The molecule has 0 radical (unpaired) electrons. The van der Waals surface area contributed by atoms with E-state index in [0.29, 0.717) is 17.5 Å². The second-order valence-electron chi connectivity index (χ2n) is 13.7. The minimum atomic E-state index is -2.79. The van der Waals surface area contributed by atoms with Crippen molar-refractivity contribution in [3.8, 4) is 5.75 Å². The number of benzene rings is 2. The van der Waals surface area contributed by atoms with Crippen molar-refractivity contribution in [3.63, 3.8) is 0 Å². The van der Waals surface area contributed by atoms with E-state index >= 15 is 0 Å². The number of fused-ring (bicyclic) bond motifs is 3. The van der Waals surface area contributed by atoms with Gasteiger partial charge in [0.25, 0.3) is 0 Å². The lowest BCUT2D eigenvalue weighted by atomic mass is 9.56. The van der Waals surface area contributed by atoms with Gasteiger partial charge in [-0.15, -0.1) is 0 Å². The first-order chi connectivity index (χ1) is 20.4. The summed E-state index contributed by atoms with van der Waals surface area (Å²) in [7, 11) is 0. The van der Waals surface area contributed by atoms with Crippen LogP contribution in [0.5, 0.6) is 5.75 Å². The lowest BCUT2D eigenvalue weighted by Crippen LogP contribution is -2.62. The first-order valence-electron chi connectivity index (χ1n) is 14.9. The molecule has 0 bridgehead atoms. The van der Waals surface area contributed by atoms with Gasteiger partial charge in [-0.1, -0.05) is 75.7 Å². The standard InChI is InChI=1S/C36H40O8/c1-16-8-9-20(23(14-16)35(5,6)7)12-17(2)13-21-10-11-22-18(3)26-29(32(41)28(22)30(21)39)34(43)36(44)24(31(26)40)15-25(38)27(19(4)37)33(36)42/h8-11,14,18,24,26,31,38-40,43-44H,2,12-13,15H2,1,3-7H3/t18-,24+,26+,31+,36+/m1/s1. The number of aromatic hydroxyl groups is 1. The second kappa shape index (κ2) is 10.6.